The average Bonchev–Trinajstić information content (AvgIpc) is 2.58. The number of hydrogen-bond donors (Lipinski definition) is 2. The highest BCUT2D eigenvalue weighted by Gasteiger charge is 2.19. The Labute approximate surface area is 143 Å². The Hall–Kier alpha value is -2.30. The number of benzene rings is 1. The molecule has 0 fully saturated rings. The minimum atomic E-state index is -0.370. The van der Waals surface area contributed by atoms with Gasteiger partial charge < -0.3 is 4.74 Å². The molecule has 0 radical (unpaired) electrons. The summed E-state index contributed by atoms with van der Waals surface area (Å²) in [5.74, 6) is 0.434. The molecule has 1 aliphatic carbocycles. The number of hydrogen-bond acceptors (Lipinski definition) is 3. The zero-order valence-electron chi connectivity index (χ0n) is 14.6. The summed E-state index contributed by atoms with van der Waals surface area (Å²) >= 11 is 0. The van der Waals surface area contributed by atoms with E-state index in [1.807, 2.05) is 31.2 Å². The Kier molecular flexibility index (Phi) is 6.41. The third-order valence-electron chi connectivity index (χ3n) is 4.11. The summed E-state index contributed by atoms with van der Waals surface area (Å²) in [6.45, 7) is 6.01. The van der Waals surface area contributed by atoms with Crippen molar-refractivity contribution >= 4 is 11.8 Å². The number of carbonyl (C=O) groups is 2. The van der Waals surface area contributed by atoms with E-state index in [1.165, 1.54) is 0 Å². The van der Waals surface area contributed by atoms with Crippen LogP contribution < -0.4 is 15.6 Å². The van der Waals surface area contributed by atoms with Crippen molar-refractivity contribution in [1.29, 1.82) is 0 Å². The van der Waals surface area contributed by atoms with Crippen molar-refractivity contribution in [2.45, 2.75) is 46.0 Å². The maximum absolute atomic E-state index is 12.0. The van der Waals surface area contributed by atoms with Gasteiger partial charge in [-0.2, -0.15) is 0 Å². The third kappa shape index (κ3) is 5.11. The minimum Gasteiger partial charge on any atom is -0.483 e. The number of aryl methyl sites for hydroxylation is 1. The molecule has 0 saturated carbocycles. The molecule has 5 nitrogen and oxygen atoms in total. The molecule has 2 rings (SSSR count). The Morgan fingerprint density at radius 2 is 2.04 bits per heavy atom. The number of carbonyl (C=O) groups excluding carboxylic acids is 2. The predicted molar refractivity (Wildman–Crippen MR) is 93.5 cm³/mol. The molecule has 130 valence electrons. The maximum atomic E-state index is 12.0. The zero-order chi connectivity index (χ0) is 17.5. The van der Waals surface area contributed by atoms with Crippen LogP contribution in [-0.2, 0) is 9.59 Å². The molecule has 1 unspecified atom stereocenters. The number of nitrogens with one attached hydrogen (secondary N) is 2. The standard InChI is InChI=1S/C19H26N2O3/c1-13(2)16-10-9-14(3)11-17(16)24-12-18(22)20-21-19(23)15-7-5-4-6-8-15/h4-5,9-11,13,15H,6-8,12H2,1-3H3,(H,20,22)(H,21,23). The summed E-state index contributed by atoms with van der Waals surface area (Å²) in [7, 11) is 0. The molecule has 1 aliphatic rings. The molecule has 5 heteroatoms. The Morgan fingerprint density at radius 3 is 2.71 bits per heavy atom. The summed E-state index contributed by atoms with van der Waals surface area (Å²) in [6, 6.07) is 5.97. The van der Waals surface area contributed by atoms with E-state index in [4.69, 9.17) is 4.74 Å². The Bertz CT molecular complexity index is 623. The van der Waals surface area contributed by atoms with Gasteiger partial charge in [0.2, 0.25) is 5.91 Å². The monoisotopic (exact) mass is 330 g/mol. The van der Waals surface area contributed by atoms with Gasteiger partial charge in [0.25, 0.3) is 5.91 Å². The van der Waals surface area contributed by atoms with E-state index in [-0.39, 0.29) is 24.3 Å². The molecule has 2 amide bonds. The fourth-order valence-electron chi connectivity index (χ4n) is 2.69. The van der Waals surface area contributed by atoms with Crippen LogP contribution in [0.15, 0.2) is 30.4 Å². The fraction of sp³-hybridized carbons (Fsp3) is 0.474. The lowest BCUT2D eigenvalue weighted by atomic mass is 9.94. The Balaban J connectivity index is 1.82. The summed E-state index contributed by atoms with van der Waals surface area (Å²) in [6.07, 6.45) is 6.52. The summed E-state index contributed by atoms with van der Waals surface area (Å²) < 4.78 is 5.64. The molecule has 2 N–H and O–H groups in total. The van der Waals surface area contributed by atoms with Crippen LogP contribution in [0.1, 0.15) is 50.2 Å². The van der Waals surface area contributed by atoms with Crippen molar-refractivity contribution in [1.82, 2.24) is 10.9 Å². The third-order valence-corrected chi connectivity index (χ3v) is 4.11. The highest BCUT2D eigenvalue weighted by atomic mass is 16.5. The van der Waals surface area contributed by atoms with Crippen LogP contribution >= 0.6 is 0 Å². The van der Waals surface area contributed by atoms with E-state index in [9.17, 15) is 9.59 Å². The number of hydrazine groups is 1. The van der Waals surface area contributed by atoms with Gasteiger partial charge in [-0.15, -0.1) is 0 Å². The molecule has 0 aliphatic heterocycles. The van der Waals surface area contributed by atoms with Crippen molar-refractivity contribution in [2.24, 2.45) is 5.92 Å². The average molecular weight is 330 g/mol. The zero-order valence-corrected chi connectivity index (χ0v) is 14.6. The number of ether oxygens (including phenoxy) is 1. The second-order valence-electron chi connectivity index (χ2n) is 6.50. The quantitative estimate of drug-likeness (QED) is 0.644. The van der Waals surface area contributed by atoms with E-state index in [0.717, 1.165) is 30.4 Å². The fourth-order valence-corrected chi connectivity index (χ4v) is 2.69. The molecule has 0 saturated heterocycles. The number of allylic oxidation sites excluding steroid dienone is 2. The van der Waals surface area contributed by atoms with Crippen molar-refractivity contribution in [3.63, 3.8) is 0 Å². The second kappa shape index (κ2) is 8.52. The molecule has 1 aromatic rings. The van der Waals surface area contributed by atoms with Crippen molar-refractivity contribution in [3.05, 3.63) is 41.5 Å². The van der Waals surface area contributed by atoms with Crippen molar-refractivity contribution in [2.75, 3.05) is 6.61 Å². The van der Waals surface area contributed by atoms with Crippen LogP contribution in [0.2, 0.25) is 0 Å². The van der Waals surface area contributed by atoms with Gasteiger partial charge >= 0.3 is 0 Å². The highest BCUT2D eigenvalue weighted by Crippen LogP contribution is 2.27. The van der Waals surface area contributed by atoms with E-state index in [0.29, 0.717) is 11.7 Å². The van der Waals surface area contributed by atoms with Crippen LogP contribution in [0.3, 0.4) is 0 Å². The van der Waals surface area contributed by atoms with Gasteiger partial charge in [0.05, 0.1) is 0 Å². The normalized spacial score (nSPS) is 16.8. The van der Waals surface area contributed by atoms with Gasteiger partial charge in [0.15, 0.2) is 6.61 Å². The smallest absolute Gasteiger partial charge is 0.276 e. The van der Waals surface area contributed by atoms with Crippen LogP contribution in [-0.4, -0.2) is 18.4 Å². The van der Waals surface area contributed by atoms with E-state index >= 15 is 0 Å². The summed E-state index contributed by atoms with van der Waals surface area (Å²) in [5.41, 5.74) is 7.05. The molecule has 0 heterocycles. The van der Waals surface area contributed by atoms with Gasteiger partial charge in [0.1, 0.15) is 5.75 Å². The van der Waals surface area contributed by atoms with Gasteiger partial charge in [-0.25, -0.2) is 0 Å². The first-order valence-electron chi connectivity index (χ1n) is 8.44. The summed E-state index contributed by atoms with van der Waals surface area (Å²) in [4.78, 5) is 23.9. The summed E-state index contributed by atoms with van der Waals surface area (Å²) in [5, 5.41) is 0. The van der Waals surface area contributed by atoms with Crippen LogP contribution in [0.25, 0.3) is 0 Å². The number of amides is 2. The van der Waals surface area contributed by atoms with Crippen LogP contribution in [0, 0.1) is 12.8 Å². The van der Waals surface area contributed by atoms with Gasteiger partial charge in [-0.05, 0) is 49.3 Å². The van der Waals surface area contributed by atoms with E-state index in [2.05, 4.69) is 30.8 Å². The molecule has 1 atom stereocenters. The van der Waals surface area contributed by atoms with Crippen molar-refractivity contribution in [3.8, 4) is 5.75 Å². The lowest BCUT2D eigenvalue weighted by molar-refractivity contribution is -0.132. The Morgan fingerprint density at radius 1 is 1.25 bits per heavy atom. The molecule has 0 bridgehead atoms. The first-order chi connectivity index (χ1) is 11.5. The van der Waals surface area contributed by atoms with Crippen LogP contribution in [0.4, 0.5) is 0 Å². The van der Waals surface area contributed by atoms with Gasteiger partial charge in [0, 0.05) is 5.92 Å². The second-order valence-corrected chi connectivity index (χ2v) is 6.50. The van der Waals surface area contributed by atoms with E-state index in [1.54, 1.807) is 0 Å². The van der Waals surface area contributed by atoms with Crippen LogP contribution in [0.5, 0.6) is 5.75 Å². The van der Waals surface area contributed by atoms with Gasteiger partial charge in [-0.1, -0.05) is 38.1 Å². The highest BCUT2D eigenvalue weighted by molar-refractivity contribution is 5.84. The SMILES string of the molecule is Cc1ccc(C(C)C)c(OCC(=O)NNC(=O)C2CC=CCC2)c1. The molecular formula is C19H26N2O3. The molecule has 1 aromatic carbocycles. The lowest BCUT2D eigenvalue weighted by Gasteiger charge is -2.18. The largest absolute Gasteiger partial charge is 0.483 e. The molecule has 0 spiro atoms. The van der Waals surface area contributed by atoms with E-state index < -0.39 is 0 Å². The first-order valence-corrected chi connectivity index (χ1v) is 8.44. The maximum Gasteiger partial charge on any atom is 0.276 e. The molecule has 24 heavy (non-hydrogen) atoms. The number of rotatable bonds is 5. The van der Waals surface area contributed by atoms with Crippen molar-refractivity contribution < 1.29 is 14.3 Å². The topological polar surface area (TPSA) is 67.4 Å². The molecular weight excluding hydrogens is 304 g/mol. The lowest BCUT2D eigenvalue weighted by Crippen LogP contribution is -2.46. The minimum absolute atomic E-state index is 0.0689. The molecule has 0 aromatic heterocycles. The predicted octanol–water partition coefficient (Wildman–Crippen LogP) is 3.00. The van der Waals surface area contributed by atoms with Gasteiger partial charge in [-0.3, -0.25) is 20.4 Å². The first kappa shape index (κ1) is 18.0.